The van der Waals surface area contributed by atoms with E-state index >= 15 is 0 Å². The van der Waals surface area contributed by atoms with Crippen molar-refractivity contribution in [3.05, 3.63) is 53.1 Å². The van der Waals surface area contributed by atoms with E-state index in [0.717, 1.165) is 16.8 Å². The molecule has 0 atom stereocenters. The molecule has 0 unspecified atom stereocenters. The monoisotopic (exact) mass is 383 g/mol. The highest BCUT2D eigenvalue weighted by Crippen LogP contribution is 2.22. The molecule has 0 radical (unpaired) electrons. The fraction of sp³-hybridized carbons (Fsp3) is 0.286. The van der Waals surface area contributed by atoms with Crippen molar-refractivity contribution in [1.29, 1.82) is 0 Å². The van der Waals surface area contributed by atoms with Gasteiger partial charge in [-0.1, -0.05) is 6.07 Å². The molecule has 0 aliphatic heterocycles. The van der Waals surface area contributed by atoms with Gasteiger partial charge in [0.05, 0.1) is 20.6 Å². The zero-order chi connectivity index (χ0) is 20.7. The number of carbonyl (C=O) groups excluding carboxylic acids is 2. The van der Waals surface area contributed by atoms with E-state index < -0.39 is 5.91 Å². The highest BCUT2D eigenvalue weighted by Gasteiger charge is 2.10. The van der Waals surface area contributed by atoms with Gasteiger partial charge in [0.1, 0.15) is 11.5 Å². The van der Waals surface area contributed by atoms with Gasteiger partial charge in [-0.25, -0.2) is 5.43 Å². The average Bonchev–Trinajstić information content (AvgIpc) is 2.64. The smallest absolute Gasteiger partial charge is 0.271 e. The third kappa shape index (κ3) is 6.12. The zero-order valence-electron chi connectivity index (χ0n) is 16.8. The molecule has 0 heterocycles. The van der Waals surface area contributed by atoms with Crippen LogP contribution in [-0.4, -0.2) is 31.7 Å². The molecular formula is C21H25N3O4. The molecule has 0 saturated carbocycles. The quantitative estimate of drug-likeness (QED) is 0.566. The number of carbonyl (C=O) groups is 2. The van der Waals surface area contributed by atoms with Crippen LogP contribution in [0.25, 0.3) is 0 Å². The predicted molar refractivity (Wildman–Crippen MR) is 109 cm³/mol. The Hall–Kier alpha value is -3.35. The standard InChI is InChI=1S/C21H25N3O4/c1-13-6-14(2)8-17(7-13)22-20(25)9-15(3)23-24-21(26)16-10-18(27-4)12-19(11-16)28-5/h6-8,10-12H,9H2,1-5H3,(H,22,25)(H,24,26)/b23-15-. The maximum atomic E-state index is 12.3. The third-order valence-corrected chi connectivity index (χ3v) is 3.88. The van der Waals surface area contributed by atoms with Crippen LogP contribution in [0.5, 0.6) is 11.5 Å². The normalized spacial score (nSPS) is 11.0. The largest absolute Gasteiger partial charge is 0.497 e. The Balaban J connectivity index is 1.98. The van der Waals surface area contributed by atoms with Crippen LogP contribution in [0.2, 0.25) is 0 Å². The number of amides is 2. The van der Waals surface area contributed by atoms with E-state index in [1.54, 1.807) is 25.1 Å². The van der Waals surface area contributed by atoms with E-state index in [1.807, 2.05) is 32.0 Å². The van der Waals surface area contributed by atoms with Crippen LogP contribution in [-0.2, 0) is 4.79 Å². The molecule has 2 N–H and O–H groups in total. The van der Waals surface area contributed by atoms with Gasteiger partial charge in [-0.05, 0) is 56.2 Å². The second-order valence-corrected chi connectivity index (χ2v) is 6.49. The topological polar surface area (TPSA) is 89.0 Å². The molecule has 148 valence electrons. The molecule has 7 heteroatoms. The molecule has 0 fully saturated rings. The van der Waals surface area contributed by atoms with Gasteiger partial charge in [0.25, 0.3) is 5.91 Å². The molecule has 0 spiro atoms. The van der Waals surface area contributed by atoms with Gasteiger partial charge >= 0.3 is 0 Å². The Labute approximate surface area is 164 Å². The molecule has 0 aliphatic rings. The molecule has 2 amide bonds. The van der Waals surface area contributed by atoms with Gasteiger partial charge in [-0.2, -0.15) is 5.10 Å². The fourth-order valence-electron chi connectivity index (χ4n) is 2.67. The SMILES string of the molecule is COc1cc(OC)cc(C(=O)N/N=C(/C)CC(=O)Nc2cc(C)cc(C)c2)c1. The van der Waals surface area contributed by atoms with Crippen molar-refractivity contribution < 1.29 is 19.1 Å². The molecule has 0 aromatic heterocycles. The Morgan fingerprint density at radius 1 is 0.929 bits per heavy atom. The predicted octanol–water partition coefficient (Wildman–Crippen LogP) is 3.46. The lowest BCUT2D eigenvalue weighted by Crippen LogP contribution is -2.21. The highest BCUT2D eigenvalue weighted by atomic mass is 16.5. The van der Waals surface area contributed by atoms with Crippen LogP contribution in [0.15, 0.2) is 41.5 Å². The molecule has 2 aromatic carbocycles. The maximum absolute atomic E-state index is 12.3. The minimum atomic E-state index is -0.425. The zero-order valence-corrected chi connectivity index (χ0v) is 16.8. The summed E-state index contributed by atoms with van der Waals surface area (Å²) in [5.41, 5.74) is 6.14. The van der Waals surface area contributed by atoms with Crippen LogP contribution in [0.3, 0.4) is 0 Å². The molecule has 28 heavy (non-hydrogen) atoms. The van der Waals surface area contributed by atoms with E-state index in [4.69, 9.17) is 9.47 Å². The summed E-state index contributed by atoms with van der Waals surface area (Å²) < 4.78 is 10.3. The van der Waals surface area contributed by atoms with Crippen molar-refractivity contribution in [3.8, 4) is 11.5 Å². The van der Waals surface area contributed by atoms with Gasteiger partial charge in [0.15, 0.2) is 0 Å². The van der Waals surface area contributed by atoms with Gasteiger partial charge < -0.3 is 14.8 Å². The first kappa shape index (κ1) is 21.0. The van der Waals surface area contributed by atoms with E-state index in [9.17, 15) is 9.59 Å². The van der Waals surface area contributed by atoms with E-state index in [0.29, 0.717) is 22.8 Å². The van der Waals surface area contributed by atoms with Gasteiger partial charge in [-0.15, -0.1) is 0 Å². The van der Waals surface area contributed by atoms with E-state index in [-0.39, 0.29) is 12.3 Å². The van der Waals surface area contributed by atoms with Crippen LogP contribution in [0, 0.1) is 13.8 Å². The summed E-state index contributed by atoms with van der Waals surface area (Å²) >= 11 is 0. The number of aryl methyl sites for hydroxylation is 2. The van der Waals surface area contributed by atoms with Crippen molar-refractivity contribution in [3.63, 3.8) is 0 Å². The minimum absolute atomic E-state index is 0.0642. The third-order valence-electron chi connectivity index (χ3n) is 3.88. The summed E-state index contributed by atoms with van der Waals surface area (Å²) in [4.78, 5) is 24.5. The lowest BCUT2D eigenvalue weighted by Gasteiger charge is -2.09. The molecule has 2 rings (SSSR count). The summed E-state index contributed by atoms with van der Waals surface area (Å²) in [6, 6.07) is 10.7. The highest BCUT2D eigenvalue weighted by molar-refractivity contribution is 6.06. The number of hydrogen-bond acceptors (Lipinski definition) is 5. The maximum Gasteiger partial charge on any atom is 0.271 e. The summed E-state index contributed by atoms with van der Waals surface area (Å²) in [5.74, 6) is 0.367. The number of hydrogen-bond donors (Lipinski definition) is 2. The molecule has 0 saturated heterocycles. The molecular weight excluding hydrogens is 358 g/mol. The minimum Gasteiger partial charge on any atom is -0.497 e. The van der Waals surface area contributed by atoms with Crippen molar-refractivity contribution in [1.82, 2.24) is 5.43 Å². The number of rotatable bonds is 7. The Bertz CT molecular complexity index is 864. The molecule has 2 aromatic rings. The molecule has 0 aliphatic carbocycles. The second kappa shape index (κ2) is 9.55. The number of methoxy groups -OCH3 is 2. The van der Waals surface area contributed by atoms with Crippen molar-refractivity contribution in [2.24, 2.45) is 5.10 Å². The number of ether oxygens (including phenoxy) is 2. The summed E-state index contributed by atoms with van der Waals surface area (Å²) in [6.45, 7) is 5.62. The van der Waals surface area contributed by atoms with Gasteiger partial charge in [0, 0.05) is 23.0 Å². The summed E-state index contributed by atoms with van der Waals surface area (Å²) in [6.07, 6.45) is 0.0642. The Morgan fingerprint density at radius 2 is 1.50 bits per heavy atom. The lowest BCUT2D eigenvalue weighted by molar-refractivity contribution is -0.115. The lowest BCUT2D eigenvalue weighted by atomic mass is 10.1. The van der Waals surface area contributed by atoms with Crippen molar-refractivity contribution in [2.75, 3.05) is 19.5 Å². The number of benzene rings is 2. The molecule has 0 bridgehead atoms. The van der Waals surface area contributed by atoms with Crippen LogP contribution in [0.1, 0.15) is 34.8 Å². The first-order chi connectivity index (χ1) is 13.3. The van der Waals surface area contributed by atoms with Crippen molar-refractivity contribution >= 4 is 23.2 Å². The number of nitrogens with zero attached hydrogens (tertiary/aromatic N) is 1. The van der Waals surface area contributed by atoms with Gasteiger partial charge in [0.2, 0.25) is 5.91 Å². The Kier molecular flexibility index (Phi) is 7.14. The first-order valence-corrected chi connectivity index (χ1v) is 8.75. The first-order valence-electron chi connectivity index (χ1n) is 8.75. The second-order valence-electron chi connectivity index (χ2n) is 6.49. The van der Waals surface area contributed by atoms with E-state index in [1.165, 1.54) is 14.2 Å². The van der Waals surface area contributed by atoms with Gasteiger partial charge in [-0.3, -0.25) is 9.59 Å². The van der Waals surface area contributed by atoms with Crippen LogP contribution in [0.4, 0.5) is 5.69 Å². The molecule has 7 nitrogen and oxygen atoms in total. The summed E-state index contributed by atoms with van der Waals surface area (Å²) in [5, 5.41) is 6.84. The Morgan fingerprint density at radius 3 is 2.04 bits per heavy atom. The number of anilines is 1. The van der Waals surface area contributed by atoms with Crippen molar-refractivity contribution in [2.45, 2.75) is 27.2 Å². The fourth-order valence-corrected chi connectivity index (χ4v) is 2.67. The number of nitrogens with one attached hydrogen (secondary N) is 2. The van der Waals surface area contributed by atoms with E-state index in [2.05, 4.69) is 15.8 Å². The van der Waals surface area contributed by atoms with Crippen LogP contribution >= 0.6 is 0 Å². The summed E-state index contributed by atoms with van der Waals surface area (Å²) in [7, 11) is 3.01. The van der Waals surface area contributed by atoms with Crippen LogP contribution < -0.4 is 20.2 Å². The number of hydrazone groups is 1. The average molecular weight is 383 g/mol.